The van der Waals surface area contributed by atoms with E-state index in [4.69, 9.17) is 17.3 Å². The first-order chi connectivity index (χ1) is 9.03. The fourth-order valence-electron chi connectivity index (χ4n) is 1.45. The van der Waals surface area contributed by atoms with Gasteiger partial charge in [-0.05, 0) is 17.7 Å². The Morgan fingerprint density at radius 3 is 2.79 bits per heavy atom. The normalized spacial score (nSPS) is 11.7. The van der Waals surface area contributed by atoms with Crippen LogP contribution in [0.15, 0.2) is 29.4 Å². The first-order valence-corrected chi connectivity index (χ1v) is 7.21. The third-order valence-corrected chi connectivity index (χ3v) is 4.30. The Morgan fingerprint density at radius 2 is 2.21 bits per heavy atom. The van der Waals surface area contributed by atoms with Gasteiger partial charge in [-0.1, -0.05) is 17.7 Å². The summed E-state index contributed by atoms with van der Waals surface area (Å²) in [5, 5.41) is 6.31. The van der Waals surface area contributed by atoms with Crippen molar-refractivity contribution in [3.63, 3.8) is 0 Å². The number of sulfonamides is 1. The van der Waals surface area contributed by atoms with E-state index in [1.165, 1.54) is 18.5 Å². The first kappa shape index (κ1) is 13.9. The van der Waals surface area contributed by atoms with Crippen LogP contribution in [0.4, 0.5) is 0 Å². The van der Waals surface area contributed by atoms with Gasteiger partial charge >= 0.3 is 0 Å². The molecule has 9 heteroatoms. The summed E-state index contributed by atoms with van der Waals surface area (Å²) in [6, 6.07) is 4.58. The minimum atomic E-state index is -3.70. The fourth-order valence-corrected chi connectivity index (χ4v) is 3.00. The second-order valence-corrected chi connectivity index (χ2v) is 5.87. The zero-order chi connectivity index (χ0) is 13.9. The summed E-state index contributed by atoms with van der Waals surface area (Å²) in [5.41, 5.74) is 6.22. The minimum absolute atomic E-state index is 0.00545. The van der Waals surface area contributed by atoms with E-state index in [0.29, 0.717) is 12.4 Å². The van der Waals surface area contributed by atoms with Crippen LogP contribution in [0.3, 0.4) is 0 Å². The molecule has 102 valence electrons. The second-order valence-electron chi connectivity index (χ2n) is 3.73. The summed E-state index contributed by atoms with van der Waals surface area (Å²) < 4.78 is 26.5. The summed E-state index contributed by atoms with van der Waals surface area (Å²) in [6.07, 6.45) is 1.30. The van der Waals surface area contributed by atoms with Gasteiger partial charge in [0.05, 0.1) is 11.6 Å². The van der Waals surface area contributed by atoms with Gasteiger partial charge in [0, 0.05) is 6.54 Å². The highest BCUT2D eigenvalue weighted by Crippen LogP contribution is 2.22. The molecule has 19 heavy (non-hydrogen) atoms. The van der Waals surface area contributed by atoms with Crippen molar-refractivity contribution in [2.45, 2.75) is 18.0 Å². The van der Waals surface area contributed by atoms with Gasteiger partial charge < -0.3 is 5.73 Å². The first-order valence-electron chi connectivity index (χ1n) is 5.35. The lowest BCUT2D eigenvalue weighted by Crippen LogP contribution is -2.24. The van der Waals surface area contributed by atoms with Crippen molar-refractivity contribution >= 4 is 21.6 Å². The number of hydrogen-bond acceptors (Lipinski definition) is 5. The van der Waals surface area contributed by atoms with E-state index < -0.39 is 10.0 Å². The van der Waals surface area contributed by atoms with Gasteiger partial charge in [0.2, 0.25) is 10.0 Å². The maximum atomic E-state index is 12.1. The van der Waals surface area contributed by atoms with E-state index in [0.717, 1.165) is 5.56 Å². The highest BCUT2D eigenvalue weighted by molar-refractivity contribution is 7.89. The smallest absolute Gasteiger partial charge is 0.242 e. The number of aromatic nitrogens is 3. The Kier molecular flexibility index (Phi) is 4.15. The third-order valence-electron chi connectivity index (χ3n) is 2.42. The maximum Gasteiger partial charge on any atom is 0.242 e. The number of rotatable bonds is 5. The topological polar surface area (TPSA) is 114 Å². The highest BCUT2D eigenvalue weighted by atomic mass is 35.5. The van der Waals surface area contributed by atoms with Crippen LogP contribution in [0.25, 0.3) is 0 Å². The van der Waals surface area contributed by atoms with Crippen molar-refractivity contribution in [2.24, 2.45) is 5.73 Å². The molecule has 0 aliphatic carbocycles. The van der Waals surface area contributed by atoms with Crippen molar-refractivity contribution in [1.29, 1.82) is 0 Å². The molecule has 2 aromatic rings. The molecule has 0 spiro atoms. The lowest BCUT2D eigenvalue weighted by molar-refractivity contribution is 0.579. The van der Waals surface area contributed by atoms with Crippen molar-refractivity contribution in [1.82, 2.24) is 19.9 Å². The van der Waals surface area contributed by atoms with Crippen molar-refractivity contribution in [2.75, 3.05) is 0 Å². The average molecular weight is 302 g/mol. The molecule has 0 unspecified atom stereocenters. The van der Waals surface area contributed by atoms with Gasteiger partial charge in [-0.15, -0.1) is 0 Å². The van der Waals surface area contributed by atoms with Crippen LogP contribution < -0.4 is 10.5 Å². The molecule has 4 N–H and O–H groups in total. The lowest BCUT2D eigenvalue weighted by Gasteiger charge is -2.08. The van der Waals surface area contributed by atoms with E-state index in [9.17, 15) is 8.42 Å². The third kappa shape index (κ3) is 3.29. The Labute approximate surface area is 115 Å². The largest absolute Gasteiger partial charge is 0.326 e. The molecule has 2 rings (SSSR count). The van der Waals surface area contributed by atoms with Crippen LogP contribution >= 0.6 is 11.6 Å². The molecule has 0 bridgehead atoms. The van der Waals surface area contributed by atoms with E-state index in [-0.39, 0.29) is 16.5 Å². The van der Waals surface area contributed by atoms with E-state index in [2.05, 4.69) is 19.9 Å². The van der Waals surface area contributed by atoms with Crippen LogP contribution in [0.2, 0.25) is 5.02 Å². The number of nitrogens with one attached hydrogen (secondary N) is 2. The second kappa shape index (κ2) is 5.66. The number of nitrogens with zero attached hydrogens (tertiary/aromatic N) is 2. The molecule has 1 aromatic heterocycles. The zero-order valence-corrected chi connectivity index (χ0v) is 11.4. The van der Waals surface area contributed by atoms with Gasteiger partial charge in [-0.25, -0.2) is 18.1 Å². The van der Waals surface area contributed by atoms with Crippen LogP contribution in [0.5, 0.6) is 0 Å². The molecule has 7 nitrogen and oxygen atoms in total. The zero-order valence-electron chi connectivity index (χ0n) is 9.80. The molecule has 0 saturated heterocycles. The van der Waals surface area contributed by atoms with Gasteiger partial charge in [0.15, 0.2) is 0 Å². The Bertz CT molecular complexity index is 657. The summed E-state index contributed by atoms with van der Waals surface area (Å²) in [6.45, 7) is 0.308. The number of benzene rings is 1. The van der Waals surface area contributed by atoms with Gasteiger partial charge in [0.25, 0.3) is 0 Å². The molecule has 0 radical (unpaired) electrons. The van der Waals surface area contributed by atoms with Crippen LogP contribution in [-0.2, 0) is 23.1 Å². The Morgan fingerprint density at radius 1 is 1.42 bits per heavy atom. The summed E-state index contributed by atoms with van der Waals surface area (Å²) in [7, 11) is -3.70. The van der Waals surface area contributed by atoms with Crippen LogP contribution in [0, 0.1) is 0 Å². The molecule has 0 aliphatic rings. The predicted molar refractivity (Wildman–Crippen MR) is 69.8 cm³/mol. The number of nitrogens with two attached hydrogens (primary N) is 1. The fraction of sp³-hybridized carbons (Fsp3) is 0.200. The Balaban J connectivity index is 2.19. The summed E-state index contributed by atoms with van der Waals surface area (Å²) in [4.78, 5) is 3.83. The SMILES string of the molecule is NCc1ccc(S(=O)(=O)NCc2ncn[nH]2)c(Cl)c1. The van der Waals surface area contributed by atoms with E-state index in [1.54, 1.807) is 6.07 Å². The van der Waals surface area contributed by atoms with Crippen molar-refractivity contribution in [3.8, 4) is 0 Å². The molecule has 0 amide bonds. The van der Waals surface area contributed by atoms with Gasteiger partial charge in [-0.3, -0.25) is 5.10 Å². The quantitative estimate of drug-likeness (QED) is 0.739. The average Bonchev–Trinajstić information content (AvgIpc) is 2.89. The van der Waals surface area contributed by atoms with Crippen LogP contribution in [0.1, 0.15) is 11.4 Å². The number of aromatic amines is 1. The Hall–Kier alpha value is -1.48. The molecule has 0 fully saturated rings. The molecular formula is C10H12ClN5O2S. The summed E-state index contributed by atoms with van der Waals surface area (Å²) >= 11 is 5.94. The number of hydrogen-bond donors (Lipinski definition) is 3. The maximum absolute atomic E-state index is 12.1. The van der Waals surface area contributed by atoms with Crippen molar-refractivity contribution < 1.29 is 8.42 Å². The molecule has 1 aromatic carbocycles. The van der Waals surface area contributed by atoms with E-state index >= 15 is 0 Å². The standard InChI is InChI=1S/C10H12ClN5O2S/c11-8-3-7(4-12)1-2-9(8)19(17,18)15-5-10-13-6-14-16-10/h1-3,6,15H,4-5,12H2,(H,13,14,16). The van der Waals surface area contributed by atoms with Crippen LogP contribution in [-0.4, -0.2) is 23.6 Å². The number of halogens is 1. The molecule has 0 aliphatic heterocycles. The number of H-pyrrole nitrogens is 1. The molecule has 1 heterocycles. The highest BCUT2D eigenvalue weighted by Gasteiger charge is 2.18. The molecule has 0 atom stereocenters. The van der Waals surface area contributed by atoms with E-state index in [1.807, 2.05) is 0 Å². The lowest BCUT2D eigenvalue weighted by atomic mass is 10.2. The minimum Gasteiger partial charge on any atom is -0.326 e. The monoisotopic (exact) mass is 301 g/mol. The molecular weight excluding hydrogens is 290 g/mol. The molecule has 0 saturated carbocycles. The van der Waals surface area contributed by atoms with Gasteiger partial charge in [0.1, 0.15) is 17.0 Å². The van der Waals surface area contributed by atoms with Gasteiger partial charge in [-0.2, -0.15) is 5.10 Å². The predicted octanol–water partition coefficient (Wildman–Crippen LogP) is 0.395. The van der Waals surface area contributed by atoms with Crippen molar-refractivity contribution in [3.05, 3.63) is 40.9 Å². The summed E-state index contributed by atoms with van der Waals surface area (Å²) in [5.74, 6) is 0.415.